The van der Waals surface area contributed by atoms with E-state index < -0.39 is 34.0 Å². The molecule has 0 fully saturated rings. The van der Waals surface area contributed by atoms with Crippen LogP contribution < -0.4 is 15.2 Å². The van der Waals surface area contributed by atoms with E-state index in [1.165, 1.54) is 25.4 Å². The highest BCUT2D eigenvalue weighted by Gasteiger charge is 2.19. The Hall–Kier alpha value is -2.82. The molecule has 7 nitrogen and oxygen atoms in total. The van der Waals surface area contributed by atoms with Gasteiger partial charge in [0.25, 0.3) is 0 Å². The number of sulfonamides is 1. The molecule has 0 saturated heterocycles. The third-order valence-corrected chi connectivity index (χ3v) is 5.37. The number of amides is 1. The Morgan fingerprint density at radius 1 is 1.24 bits per heavy atom. The van der Waals surface area contributed by atoms with Gasteiger partial charge in [0.1, 0.15) is 0 Å². The van der Waals surface area contributed by atoms with Crippen LogP contribution in [0.25, 0.3) is 10.8 Å². The molecule has 152 valence electrons. The van der Waals surface area contributed by atoms with E-state index in [1.54, 1.807) is 0 Å². The minimum absolute atomic E-state index is 0.0470. The number of nitrogens with two attached hydrogens (primary N) is 1. The number of halogens is 3. The lowest BCUT2D eigenvalue weighted by atomic mass is 10.1. The first kappa shape index (κ1) is 20.9. The van der Waals surface area contributed by atoms with Crippen LogP contribution >= 0.6 is 11.6 Å². The smallest absolute Gasteiger partial charge is 0.238 e. The third-order valence-electron chi connectivity index (χ3n) is 4.07. The van der Waals surface area contributed by atoms with Crippen LogP contribution in [0.5, 0.6) is 5.88 Å². The summed E-state index contributed by atoms with van der Waals surface area (Å²) in [4.78, 5) is 16.1. The number of carbonyl (C=O) groups excluding carboxylic acids is 1. The zero-order valence-electron chi connectivity index (χ0n) is 14.9. The van der Waals surface area contributed by atoms with Gasteiger partial charge in [0.05, 0.1) is 18.4 Å². The number of carbonyl (C=O) groups is 1. The highest BCUT2D eigenvalue weighted by atomic mass is 35.5. The fourth-order valence-electron chi connectivity index (χ4n) is 2.79. The topological polar surface area (TPSA) is 111 Å². The molecular formula is C18H14ClF2N3O4S. The number of rotatable bonds is 5. The number of fused-ring (bicyclic) bond motifs is 1. The van der Waals surface area contributed by atoms with Crippen molar-refractivity contribution >= 4 is 44.0 Å². The average Bonchev–Trinajstić information content (AvgIpc) is 2.66. The van der Waals surface area contributed by atoms with Gasteiger partial charge in [0.15, 0.2) is 11.6 Å². The van der Waals surface area contributed by atoms with Crippen LogP contribution in [0.4, 0.5) is 14.5 Å². The fraction of sp³-hybridized carbons (Fsp3) is 0.111. The van der Waals surface area contributed by atoms with E-state index in [0.717, 1.165) is 18.2 Å². The van der Waals surface area contributed by atoms with E-state index in [-0.39, 0.29) is 37.8 Å². The number of aromatic nitrogens is 1. The van der Waals surface area contributed by atoms with Crippen molar-refractivity contribution in [1.29, 1.82) is 0 Å². The van der Waals surface area contributed by atoms with E-state index >= 15 is 0 Å². The van der Waals surface area contributed by atoms with E-state index in [1.807, 2.05) is 0 Å². The Morgan fingerprint density at radius 3 is 2.62 bits per heavy atom. The van der Waals surface area contributed by atoms with E-state index in [4.69, 9.17) is 21.5 Å². The SMILES string of the molecule is COc1nccc2c(S(N)(=O)=O)cc(NC(=O)Cc3c(Cl)ccc(F)c3F)cc12. The monoisotopic (exact) mass is 441 g/mol. The Kier molecular flexibility index (Phi) is 5.69. The van der Waals surface area contributed by atoms with Crippen molar-refractivity contribution in [3.63, 3.8) is 0 Å². The largest absolute Gasteiger partial charge is 0.481 e. The molecule has 3 aromatic rings. The lowest BCUT2D eigenvalue weighted by Gasteiger charge is -2.12. The molecule has 0 spiro atoms. The van der Waals surface area contributed by atoms with Crippen molar-refractivity contribution < 1.29 is 26.7 Å². The van der Waals surface area contributed by atoms with Gasteiger partial charge in [0, 0.05) is 33.2 Å². The summed E-state index contributed by atoms with van der Waals surface area (Å²) >= 11 is 5.84. The minimum atomic E-state index is -4.16. The van der Waals surface area contributed by atoms with Gasteiger partial charge in [-0.3, -0.25) is 4.79 Å². The zero-order valence-corrected chi connectivity index (χ0v) is 16.4. The number of hydrogen-bond acceptors (Lipinski definition) is 5. The number of ether oxygens (including phenoxy) is 1. The standard InChI is InChI=1S/C18H14ClF2N3O4S/c1-28-18-11-6-9(7-15(29(22,26)27)10(11)4-5-23-18)24-16(25)8-12-13(19)2-3-14(20)17(12)21/h2-7H,8H2,1H3,(H,24,25)(H2,22,26,27). The number of nitrogens with zero attached hydrogens (tertiary/aromatic N) is 1. The van der Waals surface area contributed by atoms with Crippen molar-refractivity contribution in [3.8, 4) is 5.88 Å². The van der Waals surface area contributed by atoms with Gasteiger partial charge in [-0.25, -0.2) is 27.3 Å². The summed E-state index contributed by atoms with van der Waals surface area (Å²) in [6.45, 7) is 0. The summed E-state index contributed by atoms with van der Waals surface area (Å²) in [5.74, 6) is -3.01. The number of anilines is 1. The van der Waals surface area contributed by atoms with Crippen molar-refractivity contribution in [2.24, 2.45) is 5.14 Å². The summed E-state index contributed by atoms with van der Waals surface area (Å²) in [6.07, 6.45) is 0.776. The second kappa shape index (κ2) is 7.90. The number of benzene rings is 2. The number of primary sulfonamides is 1. The summed E-state index contributed by atoms with van der Waals surface area (Å²) in [7, 11) is -2.81. The molecule has 0 bridgehead atoms. The van der Waals surface area contributed by atoms with Crippen LogP contribution in [-0.2, 0) is 21.2 Å². The molecule has 29 heavy (non-hydrogen) atoms. The molecule has 0 saturated carbocycles. The minimum Gasteiger partial charge on any atom is -0.481 e. The Bertz CT molecular complexity index is 1240. The molecule has 0 aliphatic rings. The Labute approximate surface area is 169 Å². The van der Waals surface area contributed by atoms with Gasteiger partial charge in [-0.15, -0.1) is 0 Å². The van der Waals surface area contributed by atoms with Crippen LogP contribution in [0.3, 0.4) is 0 Å². The van der Waals surface area contributed by atoms with Gasteiger partial charge in [-0.2, -0.15) is 0 Å². The fourth-order valence-corrected chi connectivity index (χ4v) is 3.78. The summed E-state index contributed by atoms with van der Waals surface area (Å²) in [6, 6.07) is 6.00. The van der Waals surface area contributed by atoms with E-state index in [9.17, 15) is 22.0 Å². The highest BCUT2D eigenvalue weighted by molar-refractivity contribution is 7.89. The molecule has 1 amide bonds. The predicted octanol–water partition coefficient (Wildman–Crippen LogP) is 3.00. The maximum Gasteiger partial charge on any atom is 0.238 e. The quantitative estimate of drug-likeness (QED) is 0.591. The van der Waals surface area contributed by atoms with Crippen molar-refractivity contribution in [2.75, 3.05) is 12.4 Å². The van der Waals surface area contributed by atoms with E-state index in [0.29, 0.717) is 0 Å². The first-order valence-corrected chi connectivity index (χ1v) is 9.96. The van der Waals surface area contributed by atoms with E-state index in [2.05, 4.69) is 10.3 Å². The Balaban J connectivity index is 2.02. The number of hydrogen-bond donors (Lipinski definition) is 2. The summed E-state index contributed by atoms with van der Waals surface area (Å²) in [5, 5.41) is 8.13. The molecular weight excluding hydrogens is 428 g/mol. The molecule has 2 aromatic carbocycles. The highest BCUT2D eigenvalue weighted by Crippen LogP contribution is 2.32. The van der Waals surface area contributed by atoms with Gasteiger partial charge in [0.2, 0.25) is 21.8 Å². The van der Waals surface area contributed by atoms with Crippen LogP contribution in [-0.4, -0.2) is 26.4 Å². The van der Waals surface area contributed by atoms with Gasteiger partial charge >= 0.3 is 0 Å². The molecule has 0 aliphatic carbocycles. The number of nitrogens with one attached hydrogen (secondary N) is 1. The summed E-state index contributed by atoms with van der Waals surface area (Å²) in [5.41, 5.74) is -0.276. The second-order valence-electron chi connectivity index (χ2n) is 5.98. The normalized spacial score (nSPS) is 11.5. The maximum atomic E-state index is 13.9. The summed E-state index contributed by atoms with van der Waals surface area (Å²) < 4.78 is 56.5. The third kappa shape index (κ3) is 4.29. The molecule has 3 rings (SSSR count). The molecule has 0 aliphatic heterocycles. The first-order chi connectivity index (χ1) is 13.6. The predicted molar refractivity (Wildman–Crippen MR) is 103 cm³/mol. The number of methoxy groups -OCH3 is 1. The second-order valence-corrected chi connectivity index (χ2v) is 7.92. The molecule has 0 unspecified atom stereocenters. The molecule has 11 heteroatoms. The van der Waals surface area contributed by atoms with Crippen LogP contribution in [0.15, 0.2) is 41.4 Å². The lowest BCUT2D eigenvalue weighted by molar-refractivity contribution is -0.115. The van der Waals surface area contributed by atoms with Gasteiger partial charge in [-0.05, 0) is 30.3 Å². The van der Waals surface area contributed by atoms with Crippen LogP contribution in [0, 0.1) is 11.6 Å². The average molecular weight is 442 g/mol. The first-order valence-electron chi connectivity index (χ1n) is 8.03. The molecule has 1 aromatic heterocycles. The van der Waals surface area contributed by atoms with Gasteiger partial charge < -0.3 is 10.1 Å². The van der Waals surface area contributed by atoms with Crippen LogP contribution in [0.2, 0.25) is 5.02 Å². The number of pyridine rings is 1. The molecule has 0 atom stereocenters. The van der Waals surface area contributed by atoms with Crippen molar-refractivity contribution in [2.45, 2.75) is 11.3 Å². The van der Waals surface area contributed by atoms with Gasteiger partial charge in [-0.1, -0.05) is 11.6 Å². The lowest BCUT2D eigenvalue weighted by Crippen LogP contribution is -2.17. The van der Waals surface area contributed by atoms with Crippen molar-refractivity contribution in [3.05, 3.63) is 58.7 Å². The molecule has 0 radical (unpaired) electrons. The molecule has 1 heterocycles. The maximum absolute atomic E-state index is 13.9. The van der Waals surface area contributed by atoms with Crippen molar-refractivity contribution in [1.82, 2.24) is 4.98 Å². The molecule has 3 N–H and O–H groups in total. The Morgan fingerprint density at radius 2 is 1.97 bits per heavy atom. The zero-order chi connectivity index (χ0) is 21.3. The van der Waals surface area contributed by atoms with Crippen LogP contribution in [0.1, 0.15) is 5.56 Å².